The Bertz CT molecular complexity index is 205. The van der Waals surface area contributed by atoms with E-state index in [2.05, 4.69) is 46.0 Å². The molecule has 3 heteroatoms. The summed E-state index contributed by atoms with van der Waals surface area (Å²) in [6.07, 6.45) is 3.87. The first kappa shape index (κ1) is 8.04. The number of imidazole rings is 1. The fraction of sp³-hybridized carbons (Fsp3) is 0.571. The zero-order valence-electron chi connectivity index (χ0n) is 6.21. The number of aromatic nitrogens is 2. The van der Waals surface area contributed by atoms with E-state index >= 15 is 0 Å². The third-order valence-electron chi connectivity index (χ3n) is 1.44. The number of nitrogens with zero attached hydrogens (tertiary/aromatic N) is 2. The first-order chi connectivity index (χ1) is 4.75. The van der Waals surface area contributed by atoms with Crippen LogP contribution < -0.4 is 0 Å². The van der Waals surface area contributed by atoms with Crippen molar-refractivity contribution in [2.75, 3.05) is 0 Å². The number of halogens is 1. The van der Waals surface area contributed by atoms with E-state index in [9.17, 15) is 0 Å². The fourth-order valence-electron chi connectivity index (χ4n) is 0.939. The zero-order chi connectivity index (χ0) is 7.56. The van der Waals surface area contributed by atoms with E-state index in [0.29, 0.717) is 3.92 Å². The standard InChI is InChI=1S/C7H11IN2/c1-3-10-5-4-9-7(10)6(2)8/h4-6H,3H2,1-2H3/t6-/m1/s1. The second-order valence-corrected chi connectivity index (χ2v) is 4.06. The third kappa shape index (κ3) is 1.51. The van der Waals surface area contributed by atoms with Gasteiger partial charge in [-0.25, -0.2) is 4.98 Å². The molecule has 0 unspecified atom stereocenters. The lowest BCUT2D eigenvalue weighted by atomic mass is 10.4. The van der Waals surface area contributed by atoms with E-state index in [4.69, 9.17) is 0 Å². The van der Waals surface area contributed by atoms with Crippen LogP contribution in [-0.2, 0) is 6.54 Å². The average Bonchev–Trinajstić information content (AvgIpc) is 2.33. The Balaban J connectivity index is 2.90. The first-order valence-corrected chi connectivity index (χ1v) is 4.65. The van der Waals surface area contributed by atoms with Gasteiger partial charge in [0, 0.05) is 18.9 Å². The van der Waals surface area contributed by atoms with E-state index in [1.807, 2.05) is 12.4 Å². The Kier molecular flexibility index (Phi) is 2.71. The Morgan fingerprint density at radius 1 is 1.80 bits per heavy atom. The van der Waals surface area contributed by atoms with Crippen LogP contribution in [0, 0.1) is 0 Å². The van der Waals surface area contributed by atoms with Crippen molar-refractivity contribution in [1.29, 1.82) is 0 Å². The lowest BCUT2D eigenvalue weighted by Gasteiger charge is -2.04. The summed E-state index contributed by atoms with van der Waals surface area (Å²) in [6.45, 7) is 5.29. The van der Waals surface area contributed by atoms with E-state index < -0.39 is 0 Å². The molecule has 0 aliphatic heterocycles. The molecule has 1 aromatic rings. The van der Waals surface area contributed by atoms with Gasteiger partial charge in [0.25, 0.3) is 0 Å². The normalized spacial score (nSPS) is 13.5. The van der Waals surface area contributed by atoms with Crippen molar-refractivity contribution in [2.45, 2.75) is 24.3 Å². The molecule has 0 aliphatic rings. The van der Waals surface area contributed by atoms with Crippen molar-refractivity contribution in [3.63, 3.8) is 0 Å². The molecule has 0 saturated heterocycles. The number of rotatable bonds is 2. The molecule has 0 spiro atoms. The molecule has 1 rings (SSSR count). The SMILES string of the molecule is CCn1ccnc1[C@@H](C)I. The molecule has 2 nitrogen and oxygen atoms in total. The van der Waals surface area contributed by atoms with Gasteiger partial charge < -0.3 is 4.57 Å². The lowest BCUT2D eigenvalue weighted by Crippen LogP contribution is -2.00. The summed E-state index contributed by atoms with van der Waals surface area (Å²) in [7, 11) is 0. The fourth-order valence-corrected chi connectivity index (χ4v) is 1.46. The second-order valence-electron chi connectivity index (χ2n) is 2.19. The maximum atomic E-state index is 4.24. The van der Waals surface area contributed by atoms with Crippen molar-refractivity contribution in [1.82, 2.24) is 9.55 Å². The molecule has 0 saturated carbocycles. The van der Waals surface area contributed by atoms with Gasteiger partial charge in [0.15, 0.2) is 0 Å². The Hall–Kier alpha value is -0.0600. The van der Waals surface area contributed by atoms with Crippen LogP contribution >= 0.6 is 22.6 Å². The molecule has 0 aliphatic carbocycles. The number of alkyl halides is 1. The number of hydrogen-bond acceptors (Lipinski definition) is 1. The molecule has 0 amide bonds. The molecule has 1 aromatic heterocycles. The van der Waals surface area contributed by atoms with Crippen LogP contribution in [0.5, 0.6) is 0 Å². The van der Waals surface area contributed by atoms with Crippen molar-refractivity contribution in [2.24, 2.45) is 0 Å². The van der Waals surface area contributed by atoms with Crippen LogP contribution in [0.25, 0.3) is 0 Å². The summed E-state index contributed by atoms with van der Waals surface area (Å²) in [5.41, 5.74) is 0. The van der Waals surface area contributed by atoms with Crippen LogP contribution in [0.4, 0.5) is 0 Å². The van der Waals surface area contributed by atoms with Crippen molar-refractivity contribution in [3.8, 4) is 0 Å². The largest absolute Gasteiger partial charge is 0.334 e. The van der Waals surface area contributed by atoms with E-state index in [1.165, 1.54) is 5.82 Å². The third-order valence-corrected chi connectivity index (χ3v) is 2.00. The molecule has 56 valence electrons. The minimum atomic E-state index is 0.507. The van der Waals surface area contributed by atoms with Gasteiger partial charge >= 0.3 is 0 Å². The van der Waals surface area contributed by atoms with Crippen molar-refractivity contribution in [3.05, 3.63) is 18.2 Å². The molecule has 1 heterocycles. The summed E-state index contributed by atoms with van der Waals surface area (Å²) >= 11 is 2.37. The first-order valence-electron chi connectivity index (χ1n) is 3.40. The highest BCUT2D eigenvalue weighted by atomic mass is 127. The predicted octanol–water partition coefficient (Wildman–Crippen LogP) is 2.40. The predicted molar refractivity (Wildman–Crippen MR) is 50.3 cm³/mol. The second kappa shape index (κ2) is 3.37. The Morgan fingerprint density at radius 2 is 2.50 bits per heavy atom. The number of aryl methyl sites for hydroxylation is 1. The van der Waals surface area contributed by atoms with Gasteiger partial charge in [-0.3, -0.25) is 0 Å². The summed E-state index contributed by atoms with van der Waals surface area (Å²) in [4.78, 5) is 4.24. The monoisotopic (exact) mass is 250 g/mol. The maximum absolute atomic E-state index is 4.24. The molecule has 0 bridgehead atoms. The topological polar surface area (TPSA) is 17.8 Å². The lowest BCUT2D eigenvalue weighted by molar-refractivity contribution is 0.706. The summed E-state index contributed by atoms with van der Waals surface area (Å²) in [5.74, 6) is 1.17. The smallest absolute Gasteiger partial charge is 0.121 e. The molecule has 0 N–H and O–H groups in total. The van der Waals surface area contributed by atoms with Crippen molar-refractivity contribution >= 4 is 22.6 Å². The molecule has 10 heavy (non-hydrogen) atoms. The Labute approximate surface area is 74.8 Å². The van der Waals surface area contributed by atoms with Crippen LogP contribution in [0.15, 0.2) is 12.4 Å². The highest BCUT2D eigenvalue weighted by Gasteiger charge is 2.05. The summed E-state index contributed by atoms with van der Waals surface area (Å²) in [5, 5.41) is 0. The molecule has 0 aromatic carbocycles. The molecule has 0 fully saturated rings. The van der Waals surface area contributed by atoms with Gasteiger partial charge in [-0.1, -0.05) is 22.6 Å². The van der Waals surface area contributed by atoms with Crippen molar-refractivity contribution < 1.29 is 0 Å². The van der Waals surface area contributed by atoms with Crippen LogP contribution in [0.3, 0.4) is 0 Å². The van der Waals surface area contributed by atoms with Gasteiger partial charge in [0.2, 0.25) is 0 Å². The van der Waals surface area contributed by atoms with Gasteiger partial charge in [-0.05, 0) is 13.8 Å². The van der Waals surface area contributed by atoms with E-state index in [0.717, 1.165) is 6.54 Å². The molecular weight excluding hydrogens is 239 g/mol. The average molecular weight is 250 g/mol. The molecular formula is C7H11IN2. The molecule has 0 radical (unpaired) electrons. The Morgan fingerprint density at radius 3 is 2.90 bits per heavy atom. The van der Waals surface area contributed by atoms with Crippen LogP contribution in [0.1, 0.15) is 23.6 Å². The highest BCUT2D eigenvalue weighted by Crippen LogP contribution is 2.19. The van der Waals surface area contributed by atoms with Gasteiger partial charge in [-0.15, -0.1) is 0 Å². The van der Waals surface area contributed by atoms with Gasteiger partial charge in [0.05, 0.1) is 3.92 Å². The molecule has 1 atom stereocenters. The minimum absolute atomic E-state index is 0.507. The van der Waals surface area contributed by atoms with Crippen LogP contribution in [0.2, 0.25) is 0 Å². The quantitative estimate of drug-likeness (QED) is 0.582. The minimum Gasteiger partial charge on any atom is -0.334 e. The van der Waals surface area contributed by atoms with Gasteiger partial charge in [0.1, 0.15) is 5.82 Å². The zero-order valence-corrected chi connectivity index (χ0v) is 8.37. The van der Waals surface area contributed by atoms with E-state index in [-0.39, 0.29) is 0 Å². The summed E-state index contributed by atoms with van der Waals surface area (Å²) < 4.78 is 2.67. The summed E-state index contributed by atoms with van der Waals surface area (Å²) in [6, 6.07) is 0. The maximum Gasteiger partial charge on any atom is 0.121 e. The van der Waals surface area contributed by atoms with Gasteiger partial charge in [-0.2, -0.15) is 0 Å². The number of hydrogen-bond donors (Lipinski definition) is 0. The van der Waals surface area contributed by atoms with Crippen LogP contribution in [-0.4, -0.2) is 9.55 Å². The highest BCUT2D eigenvalue weighted by molar-refractivity contribution is 14.1. The van der Waals surface area contributed by atoms with E-state index in [1.54, 1.807) is 0 Å².